The van der Waals surface area contributed by atoms with Crippen molar-refractivity contribution >= 4 is 23.2 Å². The summed E-state index contributed by atoms with van der Waals surface area (Å²) in [7, 11) is 0. The number of nitrogens with zero attached hydrogens (tertiary/aromatic N) is 3. The Labute approximate surface area is 156 Å². The predicted octanol–water partition coefficient (Wildman–Crippen LogP) is 4.53. The highest BCUT2D eigenvalue weighted by atomic mass is 35.5. The molecule has 1 saturated heterocycles. The molecule has 1 unspecified atom stereocenters. The van der Waals surface area contributed by atoms with Gasteiger partial charge in [0.25, 0.3) is 0 Å². The van der Waals surface area contributed by atoms with Crippen LogP contribution in [0.25, 0.3) is 11.4 Å². The van der Waals surface area contributed by atoms with E-state index >= 15 is 0 Å². The second-order valence-electron chi connectivity index (χ2n) is 6.66. The lowest BCUT2D eigenvalue weighted by Crippen LogP contribution is -2.25. The molecule has 0 N–H and O–H groups in total. The number of carbonyl (C=O) groups excluding carboxylic acids is 1. The molecule has 1 aliphatic rings. The molecule has 1 fully saturated rings. The van der Waals surface area contributed by atoms with Gasteiger partial charge in [-0.05, 0) is 31.5 Å². The van der Waals surface area contributed by atoms with Gasteiger partial charge in [0.15, 0.2) is 0 Å². The van der Waals surface area contributed by atoms with Crippen molar-refractivity contribution < 1.29 is 9.32 Å². The maximum atomic E-state index is 12.5. The first kappa shape index (κ1) is 16.8. The van der Waals surface area contributed by atoms with Crippen molar-refractivity contribution in [3.05, 3.63) is 64.5 Å². The summed E-state index contributed by atoms with van der Waals surface area (Å²) in [5, 5.41) is 4.69. The van der Waals surface area contributed by atoms with Crippen LogP contribution in [0.4, 0.5) is 5.69 Å². The summed E-state index contributed by atoms with van der Waals surface area (Å²) < 4.78 is 5.45. The lowest BCUT2D eigenvalue weighted by atomic mass is 10.1. The van der Waals surface area contributed by atoms with E-state index in [1.165, 1.54) is 5.56 Å². The number of hydrogen-bond acceptors (Lipinski definition) is 4. The van der Waals surface area contributed by atoms with Crippen LogP contribution >= 0.6 is 11.6 Å². The van der Waals surface area contributed by atoms with E-state index < -0.39 is 0 Å². The Morgan fingerprint density at radius 1 is 1.15 bits per heavy atom. The highest BCUT2D eigenvalue weighted by molar-refractivity contribution is 6.31. The van der Waals surface area contributed by atoms with Crippen molar-refractivity contribution in [2.45, 2.75) is 26.2 Å². The summed E-state index contributed by atoms with van der Waals surface area (Å²) in [4.78, 5) is 18.8. The molecule has 26 heavy (non-hydrogen) atoms. The third-order valence-corrected chi connectivity index (χ3v) is 4.92. The van der Waals surface area contributed by atoms with Gasteiger partial charge in [-0.15, -0.1) is 0 Å². The Hall–Kier alpha value is -2.66. The Balaban J connectivity index is 1.58. The molecule has 2 aromatic carbocycles. The largest absolute Gasteiger partial charge is 0.339 e. The third-order valence-electron chi connectivity index (χ3n) is 4.69. The minimum atomic E-state index is -0.118. The second kappa shape index (κ2) is 6.57. The number of rotatable bonds is 3. The molecule has 2 heterocycles. The number of halogens is 1. The summed E-state index contributed by atoms with van der Waals surface area (Å²) in [6.45, 7) is 4.51. The van der Waals surface area contributed by atoms with Gasteiger partial charge >= 0.3 is 0 Å². The van der Waals surface area contributed by atoms with Crippen LogP contribution in [-0.4, -0.2) is 22.6 Å². The van der Waals surface area contributed by atoms with Gasteiger partial charge in [-0.1, -0.05) is 52.7 Å². The summed E-state index contributed by atoms with van der Waals surface area (Å²) in [6.07, 6.45) is 0.349. The van der Waals surface area contributed by atoms with Gasteiger partial charge in [0.05, 0.1) is 5.92 Å². The van der Waals surface area contributed by atoms with Crippen molar-refractivity contribution in [2.75, 3.05) is 11.4 Å². The number of aryl methyl sites for hydroxylation is 2. The van der Waals surface area contributed by atoms with E-state index in [1.54, 1.807) is 4.90 Å². The maximum absolute atomic E-state index is 12.5. The fourth-order valence-electron chi connectivity index (χ4n) is 3.20. The van der Waals surface area contributed by atoms with Crippen LogP contribution in [0.1, 0.15) is 29.4 Å². The smallest absolute Gasteiger partial charge is 0.232 e. The molecule has 1 atom stereocenters. The number of benzene rings is 2. The average Bonchev–Trinajstić information content (AvgIpc) is 3.25. The average molecular weight is 368 g/mol. The lowest BCUT2D eigenvalue weighted by molar-refractivity contribution is -0.117. The normalized spacial score (nSPS) is 17.1. The molecule has 0 aliphatic carbocycles. The standard InChI is InChI=1S/C20H18ClN3O2/c1-12-3-6-14(7-4-12)19-22-20(26-23-19)15-9-18(25)24(11-15)17-10-16(21)8-5-13(17)2/h3-8,10,15H,9,11H2,1-2H3. The molecule has 0 spiro atoms. The molecular formula is C20H18ClN3O2. The Morgan fingerprint density at radius 3 is 2.69 bits per heavy atom. The van der Waals surface area contributed by atoms with Crippen LogP contribution < -0.4 is 4.90 Å². The van der Waals surface area contributed by atoms with Crippen LogP contribution in [-0.2, 0) is 4.79 Å². The van der Waals surface area contributed by atoms with E-state index in [2.05, 4.69) is 10.1 Å². The molecule has 3 aromatic rings. The summed E-state index contributed by atoms with van der Waals surface area (Å²) >= 11 is 6.10. The van der Waals surface area contributed by atoms with Crippen molar-refractivity contribution in [3.8, 4) is 11.4 Å². The fraction of sp³-hybridized carbons (Fsp3) is 0.250. The fourth-order valence-corrected chi connectivity index (χ4v) is 3.37. The summed E-state index contributed by atoms with van der Waals surface area (Å²) in [5.41, 5.74) is 3.92. The molecule has 6 heteroatoms. The van der Waals surface area contributed by atoms with Crippen LogP contribution in [0.5, 0.6) is 0 Å². The van der Waals surface area contributed by atoms with Gasteiger partial charge in [-0.2, -0.15) is 4.98 Å². The van der Waals surface area contributed by atoms with E-state index in [4.69, 9.17) is 16.1 Å². The van der Waals surface area contributed by atoms with Crippen molar-refractivity contribution in [1.82, 2.24) is 10.1 Å². The van der Waals surface area contributed by atoms with Crippen LogP contribution in [0, 0.1) is 13.8 Å². The van der Waals surface area contributed by atoms with Gasteiger partial charge in [0.2, 0.25) is 17.6 Å². The first-order chi connectivity index (χ1) is 12.5. The molecule has 4 rings (SSSR count). The predicted molar refractivity (Wildman–Crippen MR) is 100 cm³/mol. The molecule has 1 aromatic heterocycles. The molecule has 1 amide bonds. The first-order valence-electron chi connectivity index (χ1n) is 8.48. The van der Waals surface area contributed by atoms with Crippen molar-refractivity contribution in [1.29, 1.82) is 0 Å². The highest BCUT2D eigenvalue weighted by Gasteiger charge is 2.35. The van der Waals surface area contributed by atoms with Gasteiger partial charge < -0.3 is 9.42 Å². The van der Waals surface area contributed by atoms with Gasteiger partial charge in [-0.25, -0.2) is 0 Å². The molecule has 0 bridgehead atoms. The molecule has 132 valence electrons. The Bertz CT molecular complexity index is 965. The lowest BCUT2D eigenvalue weighted by Gasteiger charge is -2.18. The maximum Gasteiger partial charge on any atom is 0.232 e. The van der Waals surface area contributed by atoms with Crippen LogP contribution in [0.2, 0.25) is 5.02 Å². The Kier molecular flexibility index (Phi) is 4.24. The van der Waals surface area contributed by atoms with Crippen molar-refractivity contribution in [2.24, 2.45) is 0 Å². The third kappa shape index (κ3) is 3.10. The highest BCUT2D eigenvalue weighted by Crippen LogP contribution is 2.34. The number of anilines is 1. The van der Waals surface area contributed by atoms with Crippen LogP contribution in [0.15, 0.2) is 47.0 Å². The van der Waals surface area contributed by atoms with E-state index in [0.717, 1.165) is 16.8 Å². The first-order valence-corrected chi connectivity index (χ1v) is 8.86. The van der Waals surface area contributed by atoms with E-state index in [9.17, 15) is 4.79 Å². The van der Waals surface area contributed by atoms with Gasteiger partial charge in [0.1, 0.15) is 0 Å². The number of hydrogen-bond donors (Lipinski definition) is 0. The van der Waals surface area contributed by atoms with Gasteiger partial charge in [-0.3, -0.25) is 4.79 Å². The zero-order valence-corrected chi connectivity index (χ0v) is 15.3. The van der Waals surface area contributed by atoms with Crippen molar-refractivity contribution in [3.63, 3.8) is 0 Å². The summed E-state index contributed by atoms with van der Waals surface area (Å²) in [5.74, 6) is 0.962. The van der Waals surface area contributed by atoms with E-state index in [0.29, 0.717) is 29.7 Å². The Morgan fingerprint density at radius 2 is 1.92 bits per heavy atom. The summed E-state index contributed by atoms with van der Waals surface area (Å²) in [6, 6.07) is 13.5. The van der Waals surface area contributed by atoms with E-state index in [1.807, 2.05) is 56.3 Å². The zero-order chi connectivity index (χ0) is 18.3. The number of aromatic nitrogens is 2. The number of carbonyl (C=O) groups is 1. The minimum Gasteiger partial charge on any atom is -0.339 e. The molecule has 0 radical (unpaired) electrons. The van der Waals surface area contributed by atoms with Gasteiger partial charge in [0, 0.05) is 29.2 Å². The quantitative estimate of drug-likeness (QED) is 0.682. The molecule has 0 saturated carbocycles. The topological polar surface area (TPSA) is 59.2 Å². The molecule has 5 nitrogen and oxygen atoms in total. The second-order valence-corrected chi connectivity index (χ2v) is 7.09. The zero-order valence-electron chi connectivity index (χ0n) is 14.6. The molecular weight excluding hydrogens is 350 g/mol. The molecule has 1 aliphatic heterocycles. The number of amides is 1. The van der Waals surface area contributed by atoms with E-state index in [-0.39, 0.29) is 11.8 Å². The minimum absolute atomic E-state index is 0.0375. The monoisotopic (exact) mass is 367 g/mol. The van der Waals surface area contributed by atoms with Crippen LogP contribution in [0.3, 0.4) is 0 Å². The SMILES string of the molecule is Cc1ccc(-c2noc(C3CC(=O)N(c4cc(Cl)ccc4C)C3)n2)cc1.